The summed E-state index contributed by atoms with van der Waals surface area (Å²) in [5.74, 6) is 3.47. The van der Waals surface area contributed by atoms with Crippen LogP contribution in [0.5, 0.6) is 0 Å². The number of rotatable bonds is 9. The van der Waals surface area contributed by atoms with E-state index in [1.165, 1.54) is 5.56 Å². The van der Waals surface area contributed by atoms with Crippen molar-refractivity contribution in [3.63, 3.8) is 0 Å². The summed E-state index contributed by atoms with van der Waals surface area (Å²) in [6.45, 7) is 10.4. The molecule has 1 atom stereocenters. The molecule has 1 rings (SSSR count). The minimum atomic E-state index is 0.353. The molecule has 0 fully saturated rings. The van der Waals surface area contributed by atoms with Gasteiger partial charge in [-0.05, 0) is 31.0 Å². The smallest absolute Gasteiger partial charge is 0.0604 e. The Hall–Kier alpha value is -1.30. The molecular formula is C18H28N2. The summed E-state index contributed by atoms with van der Waals surface area (Å²) < 4.78 is 0. The van der Waals surface area contributed by atoms with Crippen molar-refractivity contribution in [2.75, 3.05) is 26.2 Å². The number of nitrogens with zero attached hydrogens (tertiary/aromatic N) is 1. The summed E-state index contributed by atoms with van der Waals surface area (Å²) >= 11 is 0. The van der Waals surface area contributed by atoms with Crippen LogP contribution in [0.1, 0.15) is 38.8 Å². The van der Waals surface area contributed by atoms with Gasteiger partial charge in [-0.1, -0.05) is 57.0 Å². The Morgan fingerprint density at radius 2 is 1.90 bits per heavy atom. The van der Waals surface area contributed by atoms with Gasteiger partial charge in [0.15, 0.2) is 0 Å². The fourth-order valence-electron chi connectivity index (χ4n) is 2.39. The Morgan fingerprint density at radius 1 is 1.20 bits per heavy atom. The second-order valence-electron chi connectivity index (χ2n) is 5.65. The molecule has 1 aromatic carbocycles. The summed E-state index contributed by atoms with van der Waals surface area (Å²) in [6, 6.07) is 11.0. The molecule has 0 aliphatic rings. The molecule has 0 amide bonds. The van der Waals surface area contributed by atoms with Gasteiger partial charge in [0.25, 0.3) is 0 Å². The van der Waals surface area contributed by atoms with Crippen LogP contribution in [-0.2, 0) is 0 Å². The van der Waals surface area contributed by atoms with Crippen LogP contribution in [0, 0.1) is 18.3 Å². The SMILES string of the molecule is C#CCN(CCC)C(CNCC(C)C)c1ccccc1. The minimum Gasteiger partial charge on any atom is -0.315 e. The van der Waals surface area contributed by atoms with E-state index in [0.717, 1.165) is 26.1 Å². The molecular weight excluding hydrogens is 244 g/mol. The molecule has 1 unspecified atom stereocenters. The number of terminal acetylenes is 1. The quantitative estimate of drug-likeness (QED) is 0.694. The lowest BCUT2D eigenvalue weighted by molar-refractivity contribution is 0.215. The van der Waals surface area contributed by atoms with Gasteiger partial charge in [-0.25, -0.2) is 0 Å². The molecule has 0 heterocycles. The van der Waals surface area contributed by atoms with Gasteiger partial charge in [-0.15, -0.1) is 6.42 Å². The lowest BCUT2D eigenvalue weighted by Crippen LogP contribution is -2.37. The first-order valence-electron chi connectivity index (χ1n) is 7.62. The summed E-state index contributed by atoms with van der Waals surface area (Å²) in [5, 5.41) is 3.57. The van der Waals surface area contributed by atoms with Crippen molar-refractivity contribution < 1.29 is 0 Å². The lowest BCUT2D eigenvalue weighted by atomic mass is 10.0. The third-order valence-corrected chi connectivity index (χ3v) is 3.32. The zero-order valence-electron chi connectivity index (χ0n) is 13.1. The number of benzene rings is 1. The monoisotopic (exact) mass is 272 g/mol. The van der Waals surface area contributed by atoms with Crippen LogP contribution in [0.3, 0.4) is 0 Å². The summed E-state index contributed by atoms with van der Waals surface area (Å²) in [4.78, 5) is 2.39. The lowest BCUT2D eigenvalue weighted by Gasteiger charge is -2.31. The third kappa shape index (κ3) is 5.77. The van der Waals surface area contributed by atoms with Crippen molar-refractivity contribution in [2.24, 2.45) is 5.92 Å². The van der Waals surface area contributed by atoms with Gasteiger partial charge >= 0.3 is 0 Å². The van der Waals surface area contributed by atoms with E-state index in [2.05, 4.69) is 67.2 Å². The van der Waals surface area contributed by atoms with Crippen LogP contribution >= 0.6 is 0 Å². The van der Waals surface area contributed by atoms with Crippen molar-refractivity contribution in [3.8, 4) is 12.3 Å². The van der Waals surface area contributed by atoms with E-state index in [1.807, 2.05) is 0 Å². The first-order valence-corrected chi connectivity index (χ1v) is 7.62. The highest BCUT2D eigenvalue weighted by atomic mass is 15.2. The van der Waals surface area contributed by atoms with Crippen molar-refractivity contribution in [3.05, 3.63) is 35.9 Å². The standard InChI is InChI=1S/C18H28N2/c1-5-12-20(13-6-2)18(15-19-14-16(3)4)17-10-8-7-9-11-17/h1,7-11,16,18-19H,6,12-15H2,2-4H3. The van der Waals surface area contributed by atoms with Gasteiger partial charge in [-0.2, -0.15) is 0 Å². The maximum atomic E-state index is 5.54. The van der Waals surface area contributed by atoms with E-state index >= 15 is 0 Å². The molecule has 1 aromatic rings. The molecule has 0 spiro atoms. The van der Waals surface area contributed by atoms with Crippen molar-refractivity contribution >= 4 is 0 Å². The van der Waals surface area contributed by atoms with Crippen LogP contribution in [0.25, 0.3) is 0 Å². The van der Waals surface area contributed by atoms with Gasteiger partial charge in [0.1, 0.15) is 0 Å². The Kier molecular flexibility index (Phi) is 8.02. The summed E-state index contributed by atoms with van der Waals surface area (Å²) in [6.07, 6.45) is 6.66. The van der Waals surface area contributed by atoms with E-state index < -0.39 is 0 Å². The van der Waals surface area contributed by atoms with Gasteiger partial charge < -0.3 is 5.32 Å². The zero-order chi connectivity index (χ0) is 14.8. The van der Waals surface area contributed by atoms with Crippen LogP contribution in [0.15, 0.2) is 30.3 Å². The van der Waals surface area contributed by atoms with E-state index in [9.17, 15) is 0 Å². The average Bonchev–Trinajstić information content (AvgIpc) is 2.44. The van der Waals surface area contributed by atoms with Crippen LogP contribution < -0.4 is 5.32 Å². The van der Waals surface area contributed by atoms with Gasteiger partial charge in [0.05, 0.1) is 6.54 Å². The number of hydrogen-bond donors (Lipinski definition) is 1. The van der Waals surface area contributed by atoms with Crippen molar-refractivity contribution in [2.45, 2.75) is 33.2 Å². The summed E-state index contributed by atoms with van der Waals surface area (Å²) in [7, 11) is 0. The highest BCUT2D eigenvalue weighted by molar-refractivity contribution is 5.20. The highest BCUT2D eigenvalue weighted by Gasteiger charge is 2.18. The largest absolute Gasteiger partial charge is 0.315 e. The number of nitrogens with one attached hydrogen (secondary N) is 1. The maximum Gasteiger partial charge on any atom is 0.0604 e. The molecule has 0 aliphatic heterocycles. The van der Waals surface area contributed by atoms with Gasteiger partial charge in [-0.3, -0.25) is 4.90 Å². The number of hydrogen-bond acceptors (Lipinski definition) is 2. The fraction of sp³-hybridized carbons (Fsp3) is 0.556. The molecule has 0 saturated heterocycles. The molecule has 2 heteroatoms. The molecule has 0 bridgehead atoms. The van der Waals surface area contributed by atoms with E-state index in [-0.39, 0.29) is 0 Å². The molecule has 0 aromatic heterocycles. The average molecular weight is 272 g/mol. The fourth-order valence-corrected chi connectivity index (χ4v) is 2.39. The Labute approximate surface area is 124 Å². The predicted octanol–water partition coefficient (Wildman–Crippen LogP) is 3.32. The second-order valence-corrected chi connectivity index (χ2v) is 5.65. The molecule has 110 valence electrons. The molecule has 0 aliphatic carbocycles. The third-order valence-electron chi connectivity index (χ3n) is 3.32. The van der Waals surface area contributed by atoms with E-state index in [0.29, 0.717) is 18.5 Å². The molecule has 0 saturated carbocycles. The molecule has 1 N–H and O–H groups in total. The zero-order valence-corrected chi connectivity index (χ0v) is 13.1. The first kappa shape index (κ1) is 16.8. The van der Waals surface area contributed by atoms with Crippen molar-refractivity contribution in [1.29, 1.82) is 0 Å². The van der Waals surface area contributed by atoms with E-state index in [4.69, 9.17) is 6.42 Å². The topological polar surface area (TPSA) is 15.3 Å². The van der Waals surface area contributed by atoms with Crippen molar-refractivity contribution in [1.82, 2.24) is 10.2 Å². The Bertz CT molecular complexity index is 392. The summed E-state index contributed by atoms with van der Waals surface area (Å²) in [5.41, 5.74) is 1.34. The molecule has 0 radical (unpaired) electrons. The normalized spacial score (nSPS) is 12.6. The second kappa shape index (κ2) is 9.58. The maximum absolute atomic E-state index is 5.54. The first-order chi connectivity index (χ1) is 9.69. The van der Waals surface area contributed by atoms with Gasteiger partial charge in [0, 0.05) is 12.6 Å². The Morgan fingerprint density at radius 3 is 2.45 bits per heavy atom. The van der Waals surface area contributed by atoms with Crippen LogP contribution in [0.4, 0.5) is 0 Å². The predicted molar refractivity (Wildman–Crippen MR) is 87.6 cm³/mol. The van der Waals surface area contributed by atoms with Crippen LogP contribution in [0.2, 0.25) is 0 Å². The van der Waals surface area contributed by atoms with Crippen LogP contribution in [-0.4, -0.2) is 31.1 Å². The highest BCUT2D eigenvalue weighted by Crippen LogP contribution is 2.20. The van der Waals surface area contributed by atoms with E-state index in [1.54, 1.807) is 0 Å². The molecule has 20 heavy (non-hydrogen) atoms. The Balaban J connectivity index is 2.79. The minimum absolute atomic E-state index is 0.353. The van der Waals surface area contributed by atoms with Gasteiger partial charge in [0.2, 0.25) is 0 Å². The molecule has 2 nitrogen and oxygen atoms in total.